The van der Waals surface area contributed by atoms with E-state index in [1.807, 2.05) is 29.2 Å². The fraction of sp³-hybridized carbons (Fsp3) is 0.500. The summed E-state index contributed by atoms with van der Waals surface area (Å²) in [5.74, 6) is -0.306. The molecule has 2 heterocycles. The number of carbonyl (C=O) groups is 2. The molecule has 2 amide bonds. The van der Waals surface area contributed by atoms with Crippen molar-refractivity contribution in [2.45, 2.75) is 23.5 Å². The molecule has 0 unspecified atom stereocenters. The van der Waals surface area contributed by atoms with Gasteiger partial charge in [0, 0.05) is 31.1 Å². The van der Waals surface area contributed by atoms with Gasteiger partial charge in [0.1, 0.15) is 0 Å². The summed E-state index contributed by atoms with van der Waals surface area (Å²) >= 11 is 1.36. The van der Waals surface area contributed by atoms with E-state index in [9.17, 15) is 9.59 Å². The van der Waals surface area contributed by atoms with Gasteiger partial charge >= 0.3 is 0 Å². The van der Waals surface area contributed by atoms with Gasteiger partial charge in [-0.25, -0.2) is 0 Å². The Bertz CT molecular complexity index is 599. The quantitative estimate of drug-likeness (QED) is 0.842. The summed E-state index contributed by atoms with van der Waals surface area (Å²) in [4.78, 5) is 30.5. The van der Waals surface area contributed by atoms with E-state index < -0.39 is 4.75 Å². The number of rotatable bonds is 2. The summed E-state index contributed by atoms with van der Waals surface area (Å²) in [6.45, 7) is 8.00. The van der Waals surface area contributed by atoms with Crippen molar-refractivity contribution in [1.82, 2.24) is 9.80 Å². The van der Waals surface area contributed by atoms with Crippen molar-refractivity contribution in [2.75, 3.05) is 38.0 Å². The number of amides is 2. The van der Waals surface area contributed by atoms with Crippen LogP contribution < -0.4 is 5.32 Å². The van der Waals surface area contributed by atoms with Crippen LogP contribution in [0.1, 0.15) is 13.8 Å². The van der Waals surface area contributed by atoms with Crippen LogP contribution in [0.25, 0.3) is 0 Å². The average Bonchev–Trinajstić information content (AvgIpc) is 2.55. The Hall–Kier alpha value is -1.53. The standard InChI is InChI=1S/C16H21N3O2S/c1-3-18-8-10-19(11-9-18)15(21)16(2)14(20)17-12-6-4-5-7-13(12)22-16/h4-7H,3,8-11H2,1-2H3,(H,17,20)/t16-/m0/s1. The van der Waals surface area contributed by atoms with Gasteiger partial charge in [-0.1, -0.05) is 30.8 Å². The van der Waals surface area contributed by atoms with Gasteiger partial charge in [-0.3, -0.25) is 9.59 Å². The summed E-state index contributed by atoms with van der Waals surface area (Å²) < 4.78 is -1.08. The Kier molecular flexibility index (Phi) is 4.14. The van der Waals surface area contributed by atoms with Gasteiger partial charge in [0.05, 0.1) is 5.69 Å². The number of benzene rings is 1. The molecular formula is C16H21N3O2S. The molecule has 0 radical (unpaired) electrons. The fourth-order valence-electron chi connectivity index (χ4n) is 2.88. The molecule has 1 saturated heterocycles. The minimum absolute atomic E-state index is 0.0831. The molecule has 22 heavy (non-hydrogen) atoms. The fourth-order valence-corrected chi connectivity index (χ4v) is 4.05. The molecule has 2 aliphatic heterocycles. The topological polar surface area (TPSA) is 52.6 Å². The number of anilines is 1. The molecule has 0 spiro atoms. The highest BCUT2D eigenvalue weighted by atomic mass is 32.2. The van der Waals surface area contributed by atoms with Crippen molar-refractivity contribution in [1.29, 1.82) is 0 Å². The number of carbonyl (C=O) groups excluding carboxylic acids is 2. The molecule has 1 aromatic carbocycles. The molecule has 0 saturated carbocycles. The van der Waals surface area contributed by atoms with E-state index in [0.29, 0.717) is 13.1 Å². The van der Waals surface area contributed by atoms with Crippen LogP contribution in [0.15, 0.2) is 29.2 Å². The van der Waals surface area contributed by atoms with Gasteiger partial charge in [0.2, 0.25) is 11.8 Å². The van der Waals surface area contributed by atoms with Gasteiger partial charge in [-0.2, -0.15) is 0 Å². The number of fused-ring (bicyclic) bond motifs is 1. The van der Waals surface area contributed by atoms with Crippen molar-refractivity contribution in [3.63, 3.8) is 0 Å². The molecule has 5 nitrogen and oxygen atoms in total. The molecule has 1 aromatic rings. The van der Waals surface area contributed by atoms with Crippen LogP contribution >= 0.6 is 11.8 Å². The highest BCUT2D eigenvalue weighted by Crippen LogP contribution is 2.43. The third kappa shape index (κ3) is 2.61. The van der Waals surface area contributed by atoms with Crippen molar-refractivity contribution in [3.8, 4) is 0 Å². The molecule has 3 rings (SSSR count). The van der Waals surface area contributed by atoms with E-state index in [0.717, 1.165) is 30.2 Å². The van der Waals surface area contributed by atoms with Crippen LogP contribution in [-0.2, 0) is 9.59 Å². The number of likely N-dealkylation sites (N-methyl/N-ethyl adjacent to an activating group) is 1. The molecule has 0 aromatic heterocycles. The van der Waals surface area contributed by atoms with Crippen LogP contribution in [0, 0.1) is 0 Å². The van der Waals surface area contributed by atoms with E-state index in [2.05, 4.69) is 17.1 Å². The lowest BCUT2D eigenvalue weighted by Gasteiger charge is -2.40. The van der Waals surface area contributed by atoms with E-state index in [1.54, 1.807) is 6.92 Å². The zero-order valence-corrected chi connectivity index (χ0v) is 13.8. The number of nitrogens with zero attached hydrogens (tertiary/aromatic N) is 2. The summed E-state index contributed by atoms with van der Waals surface area (Å²) in [6, 6.07) is 7.62. The maximum absolute atomic E-state index is 12.9. The maximum Gasteiger partial charge on any atom is 0.250 e. The first-order valence-electron chi connectivity index (χ1n) is 7.66. The number of hydrogen-bond acceptors (Lipinski definition) is 4. The van der Waals surface area contributed by atoms with Gasteiger partial charge in [-0.15, -0.1) is 0 Å². The molecule has 2 aliphatic rings. The van der Waals surface area contributed by atoms with Gasteiger partial charge in [0.15, 0.2) is 4.75 Å². The van der Waals surface area contributed by atoms with Crippen molar-refractivity contribution in [2.24, 2.45) is 0 Å². The van der Waals surface area contributed by atoms with Crippen LogP contribution in [0.2, 0.25) is 0 Å². The molecule has 1 N–H and O–H groups in total. The van der Waals surface area contributed by atoms with E-state index >= 15 is 0 Å². The smallest absolute Gasteiger partial charge is 0.250 e. The zero-order valence-electron chi connectivity index (χ0n) is 13.0. The first-order valence-corrected chi connectivity index (χ1v) is 8.47. The molecule has 0 bridgehead atoms. The number of piperazine rings is 1. The Labute approximate surface area is 135 Å². The average molecular weight is 319 g/mol. The summed E-state index contributed by atoms with van der Waals surface area (Å²) in [6.07, 6.45) is 0. The van der Waals surface area contributed by atoms with Crippen molar-refractivity contribution in [3.05, 3.63) is 24.3 Å². The Morgan fingerprint density at radius 1 is 1.27 bits per heavy atom. The first kappa shape index (κ1) is 15.4. The Morgan fingerprint density at radius 2 is 1.95 bits per heavy atom. The van der Waals surface area contributed by atoms with Crippen LogP contribution in [0.5, 0.6) is 0 Å². The third-order valence-electron chi connectivity index (χ3n) is 4.40. The number of nitrogens with one attached hydrogen (secondary N) is 1. The zero-order chi connectivity index (χ0) is 15.7. The second-order valence-electron chi connectivity index (χ2n) is 5.81. The van der Waals surface area contributed by atoms with E-state index in [-0.39, 0.29) is 11.8 Å². The van der Waals surface area contributed by atoms with Gasteiger partial charge < -0.3 is 15.1 Å². The maximum atomic E-state index is 12.9. The third-order valence-corrected chi connectivity index (χ3v) is 5.74. The Balaban J connectivity index is 1.78. The summed E-state index contributed by atoms with van der Waals surface area (Å²) in [7, 11) is 0. The minimum atomic E-state index is -1.08. The lowest BCUT2D eigenvalue weighted by Crippen LogP contribution is -2.58. The lowest BCUT2D eigenvalue weighted by molar-refractivity contribution is -0.139. The SMILES string of the molecule is CCN1CCN(C(=O)[C@@]2(C)Sc3ccccc3NC2=O)CC1. The summed E-state index contributed by atoms with van der Waals surface area (Å²) in [5, 5.41) is 2.87. The number of para-hydroxylation sites is 1. The minimum Gasteiger partial charge on any atom is -0.338 e. The van der Waals surface area contributed by atoms with Crippen molar-refractivity contribution >= 4 is 29.3 Å². The van der Waals surface area contributed by atoms with Gasteiger partial charge in [-0.05, 0) is 25.6 Å². The van der Waals surface area contributed by atoms with Gasteiger partial charge in [0.25, 0.3) is 0 Å². The Morgan fingerprint density at radius 3 is 2.64 bits per heavy atom. The highest BCUT2D eigenvalue weighted by Gasteiger charge is 2.48. The lowest BCUT2D eigenvalue weighted by atomic mass is 10.1. The van der Waals surface area contributed by atoms with E-state index in [1.165, 1.54) is 11.8 Å². The number of thioether (sulfide) groups is 1. The van der Waals surface area contributed by atoms with Crippen LogP contribution in [0.3, 0.4) is 0 Å². The molecule has 1 atom stereocenters. The molecule has 0 aliphatic carbocycles. The number of hydrogen-bond donors (Lipinski definition) is 1. The second kappa shape index (κ2) is 5.93. The normalized spacial score (nSPS) is 25.5. The van der Waals surface area contributed by atoms with Crippen LogP contribution in [-0.4, -0.2) is 59.1 Å². The molecular weight excluding hydrogens is 298 g/mol. The molecule has 1 fully saturated rings. The molecule has 118 valence electrons. The summed E-state index contributed by atoms with van der Waals surface area (Å²) in [5.41, 5.74) is 0.790. The first-order chi connectivity index (χ1) is 10.5. The predicted molar refractivity (Wildman–Crippen MR) is 88.0 cm³/mol. The second-order valence-corrected chi connectivity index (χ2v) is 7.27. The van der Waals surface area contributed by atoms with Crippen molar-refractivity contribution < 1.29 is 9.59 Å². The largest absolute Gasteiger partial charge is 0.338 e. The van der Waals surface area contributed by atoms with E-state index in [4.69, 9.17) is 0 Å². The highest BCUT2D eigenvalue weighted by molar-refractivity contribution is 8.02. The predicted octanol–water partition coefficient (Wildman–Crippen LogP) is 1.65. The molecule has 6 heteroatoms. The monoisotopic (exact) mass is 319 g/mol. The van der Waals surface area contributed by atoms with Crippen LogP contribution in [0.4, 0.5) is 5.69 Å².